The lowest BCUT2D eigenvalue weighted by atomic mass is 9.96. The Morgan fingerprint density at radius 2 is 2.00 bits per heavy atom. The number of nitrogens with one attached hydrogen (secondary N) is 1. The molecule has 1 atom stereocenters. The van der Waals surface area contributed by atoms with E-state index in [1.54, 1.807) is 0 Å². The highest BCUT2D eigenvalue weighted by Crippen LogP contribution is 2.38. The summed E-state index contributed by atoms with van der Waals surface area (Å²) in [7, 11) is 0. The molecule has 2 fully saturated rings. The number of fused-ring (bicyclic) bond motifs is 1. The van der Waals surface area contributed by atoms with Crippen LogP contribution < -0.4 is 5.32 Å². The molecule has 0 spiro atoms. The molecule has 2 aliphatic rings. The summed E-state index contributed by atoms with van der Waals surface area (Å²) in [5, 5.41) is 4.32. The third-order valence-electron chi connectivity index (χ3n) is 4.01. The van der Waals surface area contributed by atoms with Crippen LogP contribution in [-0.2, 0) is 10.5 Å². The average molecular weight is 265 g/mol. The van der Waals surface area contributed by atoms with Crippen molar-refractivity contribution < 1.29 is 4.79 Å². The largest absolute Gasteiger partial charge is 0.320 e. The van der Waals surface area contributed by atoms with Gasteiger partial charge in [-0.1, -0.05) is 23.7 Å². The van der Waals surface area contributed by atoms with E-state index >= 15 is 0 Å². The quantitative estimate of drug-likeness (QED) is 0.845. The van der Waals surface area contributed by atoms with Crippen LogP contribution in [0.2, 0.25) is 5.02 Å². The lowest BCUT2D eigenvalue weighted by molar-refractivity contribution is -0.132. The number of hydrogen-bond acceptors (Lipinski definition) is 2. The van der Waals surface area contributed by atoms with E-state index in [4.69, 9.17) is 11.6 Å². The van der Waals surface area contributed by atoms with E-state index in [-0.39, 0.29) is 11.6 Å². The number of rotatable bonds is 1. The van der Waals surface area contributed by atoms with Crippen LogP contribution in [0.4, 0.5) is 0 Å². The van der Waals surface area contributed by atoms with E-state index in [0.29, 0.717) is 6.42 Å². The molecule has 18 heavy (non-hydrogen) atoms. The predicted octanol–water partition coefficient (Wildman–Crippen LogP) is 2.50. The van der Waals surface area contributed by atoms with Gasteiger partial charge in [0.25, 0.3) is 0 Å². The van der Waals surface area contributed by atoms with Gasteiger partial charge in [0.2, 0.25) is 5.91 Å². The van der Waals surface area contributed by atoms with Gasteiger partial charge in [0.1, 0.15) is 5.66 Å². The van der Waals surface area contributed by atoms with Gasteiger partial charge in [0, 0.05) is 18.0 Å². The predicted molar refractivity (Wildman–Crippen MR) is 71.3 cm³/mol. The zero-order valence-corrected chi connectivity index (χ0v) is 11.0. The zero-order chi connectivity index (χ0) is 12.6. The number of hydrogen-bond donors (Lipinski definition) is 1. The van der Waals surface area contributed by atoms with E-state index in [2.05, 4.69) is 5.32 Å². The Kier molecular flexibility index (Phi) is 3.04. The van der Waals surface area contributed by atoms with Crippen molar-refractivity contribution in [2.45, 2.75) is 31.3 Å². The van der Waals surface area contributed by atoms with Crippen molar-refractivity contribution in [1.29, 1.82) is 0 Å². The number of benzene rings is 1. The number of carbonyl (C=O) groups is 1. The maximum absolute atomic E-state index is 12.1. The molecule has 0 radical (unpaired) electrons. The van der Waals surface area contributed by atoms with Gasteiger partial charge < -0.3 is 4.90 Å². The van der Waals surface area contributed by atoms with Crippen LogP contribution >= 0.6 is 11.6 Å². The van der Waals surface area contributed by atoms with Crippen molar-refractivity contribution >= 4 is 17.5 Å². The van der Waals surface area contributed by atoms with Crippen LogP contribution in [0.3, 0.4) is 0 Å². The minimum Gasteiger partial charge on any atom is -0.320 e. The summed E-state index contributed by atoms with van der Waals surface area (Å²) in [6.07, 6.45) is 3.69. The molecule has 0 aromatic heterocycles. The fourth-order valence-corrected chi connectivity index (χ4v) is 3.21. The summed E-state index contributed by atoms with van der Waals surface area (Å²) in [6.45, 7) is 1.82. The molecule has 0 bridgehead atoms. The number of halogens is 1. The fourth-order valence-electron chi connectivity index (χ4n) is 3.09. The molecule has 3 rings (SSSR count). The summed E-state index contributed by atoms with van der Waals surface area (Å²) < 4.78 is 0. The van der Waals surface area contributed by atoms with Crippen molar-refractivity contribution in [3.8, 4) is 0 Å². The summed E-state index contributed by atoms with van der Waals surface area (Å²) in [5.41, 5.74) is 0.859. The van der Waals surface area contributed by atoms with E-state index < -0.39 is 0 Å². The van der Waals surface area contributed by atoms with E-state index in [0.717, 1.165) is 42.9 Å². The van der Waals surface area contributed by atoms with Gasteiger partial charge in [-0.3, -0.25) is 10.1 Å². The summed E-state index contributed by atoms with van der Waals surface area (Å²) >= 11 is 5.95. The minimum atomic E-state index is -0.293. The Bertz CT molecular complexity index is 459. The molecule has 3 nitrogen and oxygen atoms in total. The highest BCUT2D eigenvalue weighted by atomic mass is 35.5. The van der Waals surface area contributed by atoms with Crippen molar-refractivity contribution in [1.82, 2.24) is 10.2 Å². The van der Waals surface area contributed by atoms with Crippen LogP contribution in [-0.4, -0.2) is 23.9 Å². The van der Waals surface area contributed by atoms with Crippen LogP contribution in [0, 0.1) is 0 Å². The Balaban J connectivity index is 2.03. The van der Waals surface area contributed by atoms with Gasteiger partial charge >= 0.3 is 0 Å². The van der Waals surface area contributed by atoms with Crippen molar-refractivity contribution in [2.75, 3.05) is 13.1 Å². The summed E-state index contributed by atoms with van der Waals surface area (Å²) in [5.74, 6) is 0.263. The molecule has 1 N–H and O–H groups in total. The second-order valence-corrected chi connectivity index (χ2v) is 5.48. The van der Waals surface area contributed by atoms with Gasteiger partial charge in [0.05, 0.1) is 0 Å². The normalized spacial score (nSPS) is 28.1. The Morgan fingerprint density at radius 3 is 2.78 bits per heavy atom. The zero-order valence-electron chi connectivity index (χ0n) is 10.3. The molecular weight excluding hydrogens is 248 g/mol. The molecule has 96 valence electrons. The lowest BCUT2D eigenvalue weighted by Crippen LogP contribution is -2.52. The molecule has 0 saturated carbocycles. The van der Waals surface area contributed by atoms with Crippen molar-refractivity contribution in [3.63, 3.8) is 0 Å². The highest BCUT2D eigenvalue weighted by Gasteiger charge is 2.46. The standard InChI is InChI=1S/C14H17ClN2O/c15-12-5-3-11(4-6-12)14-8-7-13(18)17(14)10-2-1-9-16-14/h3-6,16H,1-2,7-10H2/t14-/m1/s1. The molecule has 0 aliphatic carbocycles. The molecule has 0 unspecified atom stereocenters. The first-order valence-corrected chi connectivity index (χ1v) is 6.92. The SMILES string of the molecule is O=C1CC[C@@]2(c3ccc(Cl)cc3)NCCCCN12. The summed E-state index contributed by atoms with van der Waals surface area (Å²) in [4.78, 5) is 14.1. The third-order valence-corrected chi connectivity index (χ3v) is 4.26. The topological polar surface area (TPSA) is 32.3 Å². The Morgan fingerprint density at radius 1 is 1.22 bits per heavy atom. The molecule has 1 aromatic carbocycles. The van der Waals surface area contributed by atoms with Crippen molar-refractivity contribution in [2.24, 2.45) is 0 Å². The van der Waals surface area contributed by atoms with E-state index in [9.17, 15) is 4.79 Å². The number of amides is 1. The number of carbonyl (C=O) groups excluding carboxylic acids is 1. The van der Waals surface area contributed by atoms with E-state index in [1.807, 2.05) is 29.2 Å². The Labute approximate surface area is 112 Å². The fraction of sp³-hybridized carbons (Fsp3) is 0.500. The molecule has 1 aromatic rings. The first kappa shape index (κ1) is 12.0. The highest BCUT2D eigenvalue weighted by molar-refractivity contribution is 6.30. The number of nitrogens with zero attached hydrogens (tertiary/aromatic N) is 1. The van der Waals surface area contributed by atoms with E-state index in [1.165, 1.54) is 0 Å². The summed E-state index contributed by atoms with van der Waals surface area (Å²) in [6, 6.07) is 7.87. The first-order chi connectivity index (χ1) is 8.72. The molecule has 2 saturated heterocycles. The first-order valence-electron chi connectivity index (χ1n) is 6.54. The van der Waals surface area contributed by atoms with Crippen molar-refractivity contribution in [3.05, 3.63) is 34.9 Å². The maximum atomic E-state index is 12.1. The van der Waals surface area contributed by atoms with Gasteiger partial charge in [-0.2, -0.15) is 0 Å². The molecule has 2 heterocycles. The van der Waals surface area contributed by atoms with Gasteiger partial charge in [-0.05, 0) is 43.5 Å². The third kappa shape index (κ3) is 1.82. The van der Waals surface area contributed by atoms with Gasteiger partial charge in [0.15, 0.2) is 0 Å². The smallest absolute Gasteiger partial charge is 0.224 e. The minimum absolute atomic E-state index is 0.263. The van der Waals surface area contributed by atoms with Crippen LogP contribution in [0.5, 0.6) is 0 Å². The Hall–Kier alpha value is -1.06. The monoisotopic (exact) mass is 264 g/mol. The maximum Gasteiger partial charge on any atom is 0.224 e. The van der Waals surface area contributed by atoms with Gasteiger partial charge in [-0.25, -0.2) is 0 Å². The molecule has 2 aliphatic heterocycles. The average Bonchev–Trinajstić information content (AvgIpc) is 2.59. The molecule has 1 amide bonds. The molecular formula is C14H17ClN2O. The lowest BCUT2D eigenvalue weighted by Gasteiger charge is -2.38. The van der Waals surface area contributed by atoms with Crippen LogP contribution in [0.15, 0.2) is 24.3 Å². The van der Waals surface area contributed by atoms with Crippen LogP contribution in [0.25, 0.3) is 0 Å². The molecule has 4 heteroatoms. The van der Waals surface area contributed by atoms with Crippen LogP contribution in [0.1, 0.15) is 31.2 Å². The second-order valence-electron chi connectivity index (χ2n) is 5.05. The van der Waals surface area contributed by atoms with Gasteiger partial charge in [-0.15, -0.1) is 0 Å². The second kappa shape index (κ2) is 4.56.